The average molecular weight is 188 g/mol. The monoisotopic (exact) mass is 187 g/mol. The van der Waals surface area contributed by atoms with Crippen LogP contribution in [0.1, 0.15) is 0 Å². The van der Waals surface area contributed by atoms with Crippen LogP contribution < -0.4 is 5.23 Å². The van der Waals surface area contributed by atoms with E-state index < -0.39 is 0 Å². The number of hydrogen-bond acceptors (Lipinski definition) is 3. The van der Waals surface area contributed by atoms with Gasteiger partial charge in [-0.05, 0) is 24.3 Å². The van der Waals surface area contributed by atoms with Crippen molar-refractivity contribution in [1.82, 2.24) is 0 Å². The fourth-order valence-electron chi connectivity index (χ4n) is 0.848. The first-order valence-corrected chi connectivity index (χ1v) is 3.79. The van der Waals surface area contributed by atoms with Crippen LogP contribution in [0.2, 0.25) is 5.02 Å². The minimum atomic E-state index is 0.686. The first kappa shape index (κ1) is 9.32. The fraction of sp³-hybridized carbons (Fsp3) is 0.250. The Balaban J connectivity index is 2.80. The van der Waals surface area contributed by atoms with E-state index in [1.165, 1.54) is 19.4 Å². The second kappa shape index (κ2) is 4.30. The van der Waals surface area contributed by atoms with E-state index in [4.69, 9.17) is 21.3 Å². The number of benzene rings is 1. The van der Waals surface area contributed by atoms with Crippen LogP contribution >= 0.6 is 11.6 Å². The molecule has 1 aromatic rings. The number of rotatable bonds is 3. The maximum absolute atomic E-state index is 5.70. The van der Waals surface area contributed by atoms with Crippen LogP contribution in [0.3, 0.4) is 0 Å². The third kappa shape index (κ3) is 2.11. The highest BCUT2D eigenvalue weighted by Gasteiger charge is 2.02. The lowest BCUT2D eigenvalue weighted by atomic mass is 10.3. The number of hydrogen-bond donors (Lipinski definition) is 0. The molecular weight excluding hydrogens is 178 g/mol. The Morgan fingerprint density at radius 2 is 1.58 bits per heavy atom. The molecule has 4 heteroatoms. The van der Waals surface area contributed by atoms with Gasteiger partial charge in [0.2, 0.25) is 0 Å². The molecule has 0 heterocycles. The molecule has 66 valence electrons. The highest BCUT2D eigenvalue weighted by molar-refractivity contribution is 6.30. The molecule has 0 amide bonds. The Kier molecular flexibility index (Phi) is 3.34. The molecule has 0 radical (unpaired) electrons. The molecule has 0 fully saturated rings. The number of halogens is 1. The summed E-state index contributed by atoms with van der Waals surface area (Å²) >= 11 is 5.70. The molecule has 12 heavy (non-hydrogen) atoms. The molecule has 0 aliphatic carbocycles. The topological polar surface area (TPSA) is 21.7 Å². The van der Waals surface area contributed by atoms with Crippen molar-refractivity contribution >= 4 is 17.3 Å². The Hall–Kier alpha value is -0.770. The standard InChI is InChI=1S/C8H10ClNO2/c1-11-10(12-2)8-5-3-7(9)4-6-8/h3-6H,1-2H3. The maximum Gasteiger partial charge on any atom is 0.0948 e. The molecule has 0 aliphatic rings. The summed E-state index contributed by atoms with van der Waals surface area (Å²) in [6.07, 6.45) is 0. The summed E-state index contributed by atoms with van der Waals surface area (Å²) < 4.78 is 0. The SMILES string of the molecule is CON(OC)c1ccc(Cl)cc1. The minimum Gasteiger partial charge on any atom is -0.252 e. The summed E-state index contributed by atoms with van der Waals surface area (Å²) in [5, 5.41) is 1.97. The van der Waals surface area contributed by atoms with Crippen molar-refractivity contribution in [1.29, 1.82) is 0 Å². The van der Waals surface area contributed by atoms with Crippen molar-refractivity contribution in [2.24, 2.45) is 0 Å². The molecule has 0 saturated carbocycles. The maximum atomic E-state index is 5.70. The highest BCUT2D eigenvalue weighted by Crippen LogP contribution is 2.17. The number of anilines is 1. The van der Waals surface area contributed by atoms with Gasteiger partial charge in [0.1, 0.15) is 0 Å². The van der Waals surface area contributed by atoms with Gasteiger partial charge in [0.25, 0.3) is 0 Å². The molecular formula is C8H10ClNO2. The number of nitrogens with zero attached hydrogens (tertiary/aromatic N) is 1. The van der Waals surface area contributed by atoms with Crippen molar-refractivity contribution in [3.63, 3.8) is 0 Å². The summed E-state index contributed by atoms with van der Waals surface area (Å²) in [4.78, 5) is 9.79. The van der Waals surface area contributed by atoms with Gasteiger partial charge in [-0.1, -0.05) is 11.6 Å². The lowest BCUT2D eigenvalue weighted by Crippen LogP contribution is -2.19. The van der Waals surface area contributed by atoms with Gasteiger partial charge in [-0.15, -0.1) is 5.23 Å². The Bertz CT molecular complexity index is 233. The van der Waals surface area contributed by atoms with Gasteiger partial charge in [0, 0.05) is 5.02 Å². The van der Waals surface area contributed by atoms with Gasteiger partial charge in [-0.3, -0.25) is 9.68 Å². The summed E-state index contributed by atoms with van der Waals surface area (Å²) in [6, 6.07) is 7.13. The Morgan fingerprint density at radius 1 is 1.08 bits per heavy atom. The van der Waals surface area contributed by atoms with E-state index >= 15 is 0 Å². The van der Waals surface area contributed by atoms with Crippen molar-refractivity contribution in [3.05, 3.63) is 29.3 Å². The van der Waals surface area contributed by atoms with Crippen LogP contribution in [0, 0.1) is 0 Å². The normalized spacial score (nSPS) is 9.92. The molecule has 0 unspecified atom stereocenters. The largest absolute Gasteiger partial charge is 0.252 e. The highest BCUT2D eigenvalue weighted by atomic mass is 35.5. The molecule has 0 atom stereocenters. The van der Waals surface area contributed by atoms with Crippen LogP contribution in [-0.4, -0.2) is 14.2 Å². The predicted octanol–water partition coefficient (Wildman–Crippen LogP) is 2.27. The van der Waals surface area contributed by atoms with Crippen LogP contribution in [0.5, 0.6) is 0 Å². The van der Waals surface area contributed by atoms with Crippen molar-refractivity contribution in [2.75, 3.05) is 19.4 Å². The van der Waals surface area contributed by atoms with Gasteiger partial charge >= 0.3 is 0 Å². The molecule has 0 spiro atoms. The van der Waals surface area contributed by atoms with E-state index in [0.717, 1.165) is 5.69 Å². The van der Waals surface area contributed by atoms with Gasteiger partial charge in [-0.2, -0.15) is 0 Å². The van der Waals surface area contributed by atoms with E-state index in [9.17, 15) is 0 Å². The minimum absolute atomic E-state index is 0.686. The quantitative estimate of drug-likeness (QED) is 0.678. The second-order valence-corrected chi connectivity index (χ2v) is 2.54. The van der Waals surface area contributed by atoms with E-state index in [2.05, 4.69) is 0 Å². The van der Waals surface area contributed by atoms with Crippen LogP contribution in [0.15, 0.2) is 24.3 Å². The van der Waals surface area contributed by atoms with Gasteiger partial charge in [0.15, 0.2) is 0 Å². The third-order valence-electron chi connectivity index (χ3n) is 1.37. The molecule has 0 aliphatic heterocycles. The zero-order valence-corrected chi connectivity index (χ0v) is 7.71. The van der Waals surface area contributed by atoms with Crippen molar-refractivity contribution < 1.29 is 9.68 Å². The lowest BCUT2D eigenvalue weighted by molar-refractivity contribution is -0.0433. The van der Waals surface area contributed by atoms with E-state index in [-0.39, 0.29) is 0 Å². The zero-order chi connectivity index (χ0) is 8.97. The summed E-state index contributed by atoms with van der Waals surface area (Å²) in [7, 11) is 3.05. The first-order valence-electron chi connectivity index (χ1n) is 3.42. The van der Waals surface area contributed by atoms with Gasteiger partial charge < -0.3 is 0 Å². The Morgan fingerprint density at radius 3 is 2.00 bits per heavy atom. The smallest absolute Gasteiger partial charge is 0.0948 e. The van der Waals surface area contributed by atoms with Crippen molar-refractivity contribution in [2.45, 2.75) is 0 Å². The van der Waals surface area contributed by atoms with Gasteiger partial charge in [-0.25, -0.2) is 0 Å². The first-order chi connectivity index (χ1) is 5.77. The fourth-order valence-corrected chi connectivity index (χ4v) is 0.974. The van der Waals surface area contributed by atoms with Crippen LogP contribution in [-0.2, 0) is 9.68 Å². The molecule has 0 bridgehead atoms. The summed E-state index contributed by atoms with van der Waals surface area (Å²) in [5.74, 6) is 0. The van der Waals surface area contributed by atoms with E-state index in [0.29, 0.717) is 5.02 Å². The molecule has 0 aromatic heterocycles. The Labute approximate surface area is 76.4 Å². The summed E-state index contributed by atoms with van der Waals surface area (Å²) in [5.41, 5.74) is 0.796. The van der Waals surface area contributed by atoms with Crippen molar-refractivity contribution in [3.8, 4) is 0 Å². The third-order valence-corrected chi connectivity index (χ3v) is 1.62. The van der Waals surface area contributed by atoms with E-state index in [1.54, 1.807) is 24.3 Å². The molecule has 1 aromatic carbocycles. The lowest BCUT2D eigenvalue weighted by Gasteiger charge is -2.17. The van der Waals surface area contributed by atoms with E-state index in [1.807, 2.05) is 0 Å². The predicted molar refractivity (Wildman–Crippen MR) is 47.9 cm³/mol. The van der Waals surface area contributed by atoms with Crippen LogP contribution in [0.4, 0.5) is 5.69 Å². The molecule has 0 saturated heterocycles. The van der Waals surface area contributed by atoms with Gasteiger partial charge in [0.05, 0.1) is 19.9 Å². The van der Waals surface area contributed by atoms with Crippen LogP contribution in [0.25, 0.3) is 0 Å². The molecule has 3 nitrogen and oxygen atoms in total. The molecule has 0 N–H and O–H groups in total. The second-order valence-electron chi connectivity index (χ2n) is 2.10. The molecule has 1 rings (SSSR count). The zero-order valence-electron chi connectivity index (χ0n) is 6.95. The average Bonchev–Trinajstić information content (AvgIpc) is 2.10. The summed E-state index contributed by atoms with van der Waals surface area (Å²) in [6.45, 7) is 0.